The van der Waals surface area contributed by atoms with Gasteiger partial charge in [0, 0.05) is 11.4 Å². The average molecular weight is 394 g/mol. The Balaban J connectivity index is 1.59. The molecule has 1 aliphatic heterocycles. The Morgan fingerprint density at radius 2 is 1.96 bits per heavy atom. The molecule has 1 aromatic heterocycles. The van der Waals surface area contributed by atoms with Crippen LogP contribution in [0, 0.1) is 0 Å². The van der Waals surface area contributed by atoms with Crippen molar-refractivity contribution in [1.82, 2.24) is 4.90 Å². The molecule has 1 aliphatic rings. The first-order valence-electron chi connectivity index (χ1n) is 7.99. The molecular weight excluding hydrogens is 376 g/mol. The van der Waals surface area contributed by atoms with Crippen LogP contribution in [0.25, 0.3) is 0 Å². The fourth-order valence-electron chi connectivity index (χ4n) is 2.92. The molecule has 0 saturated carbocycles. The standard InChI is InChI=1S/C17H18N2O5S2/c18-26(22,23)13-7-5-12(6-8-13)17(21)24-11-16(20)19-9-1-3-14(19)15-4-2-10-25-15/h2,4-8,10,14H,1,3,9,11H2,(H2,18,22,23). The third-order valence-corrected chi connectivity index (χ3v) is 6.09. The largest absolute Gasteiger partial charge is 0.452 e. The SMILES string of the molecule is NS(=O)(=O)c1ccc(C(=O)OCC(=O)N2CCCC2c2cccs2)cc1. The van der Waals surface area contributed by atoms with Crippen LogP contribution in [0.5, 0.6) is 0 Å². The molecule has 1 saturated heterocycles. The monoisotopic (exact) mass is 394 g/mol. The van der Waals surface area contributed by atoms with Crippen molar-refractivity contribution in [2.24, 2.45) is 5.14 Å². The second kappa shape index (κ2) is 7.56. The third-order valence-electron chi connectivity index (χ3n) is 4.19. The quantitative estimate of drug-likeness (QED) is 0.780. The molecule has 0 spiro atoms. The molecule has 1 unspecified atom stereocenters. The molecule has 0 bridgehead atoms. The highest BCUT2D eigenvalue weighted by atomic mass is 32.2. The zero-order chi connectivity index (χ0) is 18.7. The van der Waals surface area contributed by atoms with Gasteiger partial charge < -0.3 is 9.64 Å². The number of likely N-dealkylation sites (tertiary alicyclic amines) is 1. The van der Waals surface area contributed by atoms with E-state index in [0.717, 1.165) is 17.7 Å². The van der Waals surface area contributed by atoms with Gasteiger partial charge in [-0.05, 0) is 48.6 Å². The third kappa shape index (κ3) is 4.12. The van der Waals surface area contributed by atoms with Gasteiger partial charge in [0.1, 0.15) is 0 Å². The molecule has 0 aliphatic carbocycles. The summed E-state index contributed by atoms with van der Waals surface area (Å²) >= 11 is 1.60. The van der Waals surface area contributed by atoms with Crippen molar-refractivity contribution in [1.29, 1.82) is 0 Å². The van der Waals surface area contributed by atoms with Crippen molar-refractivity contribution in [2.45, 2.75) is 23.8 Å². The van der Waals surface area contributed by atoms with Crippen molar-refractivity contribution in [3.63, 3.8) is 0 Å². The van der Waals surface area contributed by atoms with Crippen LogP contribution in [0.3, 0.4) is 0 Å². The van der Waals surface area contributed by atoms with Crippen molar-refractivity contribution in [3.8, 4) is 0 Å². The van der Waals surface area contributed by atoms with Gasteiger partial charge in [0.05, 0.1) is 16.5 Å². The number of benzene rings is 1. The van der Waals surface area contributed by atoms with Crippen molar-refractivity contribution in [2.75, 3.05) is 13.2 Å². The number of sulfonamides is 1. The molecule has 1 fully saturated rings. The van der Waals surface area contributed by atoms with Crippen LogP contribution in [0.2, 0.25) is 0 Å². The van der Waals surface area contributed by atoms with Crippen molar-refractivity contribution in [3.05, 3.63) is 52.2 Å². The van der Waals surface area contributed by atoms with Crippen LogP contribution in [0.4, 0.5) is 0 Å². The number of nitrogens with zero attached hydrogens (tertiary/aromatic N) is 1. The summed E-state index contributed by atoms with van der Waals surface area (Å²) in [5.74, 6) is -0.929. The lowest BCUT2D eigenvalue weighted by Crippen LogP contribution is -2.34. The van der Waals surface area contributed by atoms with E-state index in [1.165, 1.54) is 24.3 Å². The summed E-state index contributed by atoms with van der Waals surface area (Å²) < 4.78 is 27.5. The summed E-state index contributed by atoms with van der Waals surface area (Å²) in [5, 5.41) is 6.98. The Bertz CT molecular complexity index is 892. The Hall–Kier alpha value is -2.23. The normalized spacial score (nSPS) is 17.3. The molecule has 2 heterocycles. The number of ether oxygens (including phenoxy) is 1. The van der Waals surface area contributed by atoms with Gasteiger partial charge in [-0.25, -0.2) is 18.4 Å². The molecular formula is C17H18N2O5S2. The van der Waals surface area contributed by atoms with Gasteiger partial charge in [-0.1, -0.05) is 6.07 Å². The van der Waals surface area contributed by atoms with Gasteiger partial charge >= 0.3 is 5.97 Å². The Kier molecular flexibility index (Phi) is 5.40. The first-order valence-corrected chi connectivity index (χ1v) is 10.4. The van der Waals surface area contributed by atoms with E-state index in [2.05, 4.69) is 0 Å². The van der Waals surface area contributed by atoms with Gasteiger partial charge in [-0.2, -0.15) is 0 Å². The highest BCUT2D eigenvalue weighted by Crippen LogP contribution is 2.34. The lowest BCUT2D eigenvalue weighted by atomic mass is 10.2. The number of primary sulfonamides is 1. The maximum absolute atomic E-state index is 12.4. The Morgan fingerprint density at radius 3 is 2.58 bits per heavy atom. The van der Waals surface area contributed by atoms with E-state index >= 15 is 0 Å². The molecule has 9 heteroatoms. The van der Waals surface area contributed by atoms with Gasteiger partial charge in [0.2, 0.25) is 10.0 Å². The number of hydrogen-bond acceptors (Lipinski definition) is 6. The molecule has 2 aromatic rings. The molecule has 3 rings (SSSR count). The zero-order valence-electron chi connectivity index (χ0n) is 13.8. The number of amides is 1. The minimum Gasteiger partial charge on any atom is -0.452 e. The Labute approximate surface area is 155 Å². The zero-order valence-corrected chi connectivity index (χ0v) is 15.5. The van der Waals surface area contributed by atoms with Gasteiger partial charge in [-0.3, -0.25) is 4.79 Å². The predicted molar refractivity (Wildman–Crippen MR) is 96.1 cm³/mol. The van der Waals surface area contributed by atoms with E-state index < -0.39 is 16.0 Å². The summed E-state index contributed by atoms with van der Waals surface area (Å²) in [6.45, 7) is 0.291. The molecule has 7 nitrogen and oxygen atoms in total. The number of nitrogens with two attached hydrogens (primary N) is 1. The number of hydrogen-bond donors (Lipinski definition) is 1. The van der Waals surface area contributed by atoms with E-state index in [1.54, 1.807) is 16.2 Å². The van der Waals surface area contributed by atoms with Crippen LogP contribution in [-0.2, 0) is 19.6 Å². The van der Waals surface area contributed by atoms with Gasteiger partial charge in [-0.15, -0.1) is 11.3 Å². The van der Waals surface area contributed by atoms with E-state index in [0.29, 0.717) is 6.54 Å². The minimum absolute atomic E-state index is 0.0373. The molecule has 26 heavy (non-hydrogen) atoms. The highest BCUT2D eigenvalue weighted by Gasteiger charge is 2.31. The number of esters is 1. The van der Waals surface area contributed by atoms with E-state index in [1.807, 2.05) is 17.5 Å². The summed E-state index contributed by atoms with van der Waals surface area (Å²) in [7, 11) is -3.82. The maximum atomic E-state index is 12.4. The van der Waals surface area contributed by atoms with Gasteiger partial charge in [0.25, 0.3) is 5.91 Å². The number of thiophene rings is 1. The first kappa shape index (κ1) is 18.6. The van der Waals surface area contributed by atoms with Crippen molar-refractivity contribution >= 4 is 33.2 Å². The van der Waals surface area contributed by atoms with Gasteiger partial charge in [0.15, 0.2) is 6.61 Å². The number of carbonyl (C=O) groups excluding carboxylic acids is 2. The molecule has 1 aromatic carbocycles. The van der Waals surface area contributed by atoms with E-state index in [9.17, 15) is 18.0 Å². The summed E-state index contributed by atoms with van der Waals surface area (Å²) in [5.41, 5.74) is 0.154. The van der Waals surface area contributed by atoms with Crippen LogP contribution < -0.4 is 5.14 Å². The average Bonchev–Trinajstić information content (AvgIpc) is 3.29. The molecule has 138 valence electrons. The second-order valence-electron chi connectivity index (χ2n) is 5.91. The minimum atomic E-state index is -3.82. The number of carbonyl (C=O) groups is 2. The highest BCUT2D eigenvalue weighted by molar-refractivity contribution is 7.89. The fraction of sp³-hybridized carbons (Fsp3) is 0.294. The van der Waals surface area contributed by atoms with Crippen LogP contribution in [0.15, 0.2) is 46.7 Å². The van der Waals surface area contributed by atoms with Crippen LogP contribution in [0.1, 0.15) is 34.1 Å². The van der Waals surface area contributed by atoms with E-state index in [-0.39, 0.29) is 29.0 Å². The van der Waals surface area contributed by atoms with Crippen LogP contribution in [-0.4, -0.2) is 38.3 Å². The van der Waals surface area contributed by atoms with E-state index in [4.69, 9.17) is 9.88 Å². The summed E-state index contributed by atoms with van der Waals surface area (Å²) in [6.07, 6.45) is 1.81. The van der Waals surface area contributed by atoms with Crippen LogP contribution >= 0.6 is 11.3 Å². The number of rotatable bonds is 5. The smallest absolute Gasteiger partial charge is 0.338 e. The van der Waals surface area contributed by atoms with Crippen molar-refractivity contribution < 1.29 is 22.7 Å². The second-order valence-corrected chi connectivity index (χ2v) is 8.45. The first-order chi connectivity index (χ1) is 12.4. The Morgan fingerprint density at radius 1 is 1.23 bits per heavy atom. The predicted octanol–water partition coefficient (Wildman–Crippen LogP) is 1.92. The molecule has 1 atom stereocenters. The lowest BCUT2D eigenvalue weighted by molar-refractivity contribution is -0.135. The molecule has 2 N–H and O–H groups in total. The maximum Gasteiger partial charge on any atom is 0.338 e. The molecule has 1 amide bonds. The lowest BCUT2D eigenvalue weighted by Gasteiger charge is -2.23. The fourth-order valence-corrected chi connectivity index (χ4v) is 4.31. The summed E-state index contributed by atoms with van der Waals surface area (Å²) in [4.78, 5) is 27.3. The summed E-state index contributed by atoms with van der Waals surface area (Å²) in [6, 6.07) is 9.04. The topological polar surface area (TPSA) is 107 Å². The molecule has 0 radical (unpaired) electrons.